The van der Waals surface area contributed by atoms with E-state index in [1.54, 1.807) is 59.9 Å². The molecule has 1 aliphatic rings. The molecule has 0 radical (unpaired) electrons. The van der Waals surface area contributed by atoms with Crippen LogP contribution in [0.25, 0.3) is 44.5 Å². The van der Waals surface area contributed by atoms with E-state index in [9.17, 15) is 14.4 Å². The Kier molecular flexibility index (Phi) is 6.77. The van der Waals surface area contributed by atoms with Crippen LogP contribution in [0.1, 0.15) is 25.3 Å². The van der Waals surface area contributed by atoms with Crippen LogP contribution in [-0.2, 0) is 23.6 Å². The highest BCUT2D eigenvalue weighted by Crippen LogP contribution is 2.43. The van der Waals surface area contributed by atoms with Crippen LogP contribution in [0, 0.1) is 5.95 Å². The minimum Gasteiger partial charge on any atom is -0.453 e. The third kappa shape index (κ3) is 4.49. The second-order valence-corrected chi connectivity index (χ2v) is 10.3. The van der Waals surface area contributed by atoms with E-state index in [0.29, 0.717) is 63.9 Å². The number of esters is 1. The van der Waals surface area contributed by atoms with Crippen molar-refractivity contribution in [3.05, 3.63) is 53.1 Å². The standard InChI is InChI=1S/C28H29FN8O5/c1-35-13-18(25(29)34-35)23-21(14-4-8-17(9-5-14)42-20(38)11-30)22-24-19(12-31-26(22)33-23)36(2)28(40)37(24)16-7-6-15(10-16)32-27(39)41-3/h4-5,8-9,12-13,15-16H,6-7,10-11,30H2,1-3H3,(H,31,33)(H,32,39)/t15-,16-/m1/s1. The van der Waals surface area contributed by atoms with Crippen LogP contribution in [0.2, 0.25) is 0 Å². The maximum atomic E-state index is 15.1. The zero-order chi connectivity index (χ0) is 29.7. The Labute approximate surface area is 238 Å². The Morgan fingerprint density at radius 3 is 2.64 bits per heavy atom. The number of amides is 1. The van der Waals surface area contributed by atoms with Crippen LogP contribution in [0.5, 0.6) is 5.75 Å². The summed E-state index contributed by atoms with van der Waals surface area (Å²) in [5.74, 6) is -0.949. The number of fused-ring (bicyclic) bond motifs is 3. The minimum atomic E-state index is -0.673. The zero-order valence-corrected chi connectivity index (χ0v) is 23.2. The minimum absolute atomic E-state index is 0.156. The first-order valence-electron chi connectivity index (χ1n) is 13.4. The highest BCUT2D eigenvalue weighted by atomic mass is 19.1. The number of aromatic nitrogens is 6. The number of imidazole rings is 1. The first kappa shape index (κ1) is 27.2. The van der Waals surface area contributed by atoms with Gasteiger partial charge in [-0.1, -0.05) is 12.1 Å². The number of hydrogen-bond donors (Lipinski definition) is 3. The molecule has 1 fully saturated rings. The number of aryl methyl sites for hydroxylation is 2. The third-order valence-corrected chi connectivity index (χ3v) is 7.74. The van der Waals surface area contributed by atoms with Crippen molar-refractivity contribution >= 4 is 34.1 Å². The van der Waals surface area contributed by atoms with Gasteiger partial charge in [0.05, 0.1) is 47.5 Å². The molecule has 14 heteroatoms. The number of alkyl carbamates (subject to hydrolysis) is 1. The fourth-order valence-corrected chi connectivity index (χ4v) is 5.85. The third-order valence-electron chi connectivity index (χ3n) is 7.74. The molecule has 2 atom stereocenters. The molecule has 1 amide bonds. The quantitative estimate of drug-likeness (QED) is 0.205. The molecule has 1 aliphatic carbocycles. The van der Waals surface area contributed by atoms with Crippen molar-refractivity contribution < 1.29 is 23.5 Å². The number of nitrogens with two attached hydrogens (primary N) is 1. The van der Waals surface area contributed by atoms with Gasteiger partial charge in [0.2, 0.25) is 5.95 Å². The summed E-state index contributed by atoms with van der Waals surface area (Å²) >= 11 is 0. The van der Waals surface area contributed by atoms with Crippen molar-refractivity contribution in [2.24, 2.45) is 19.8 Å². The van der Waals surface area contributed by atoms with Gasteiger partial charge >= 0.3 is 17.8 Å². The summed E-state index contributed by atoms with van der Waals surface area (Å²) in [5.41, 5.74) is 8.77. The van der Waals surface area contributed by atoms with E-state index in [0.717, 1.165) is 0 Å². The molecular formula is C28H29FN8O5. The van der Waals surface area contributed by atoms with E-state index < -0.39 is 18.0 Å². The number of benzene rings is 1. The number of halogens is 1. The maximum absolute atomic E-state index is 15.1. The van der Waals surface area contributed by atoms with Gasteiger partial charge in [0.15, 0.2) is 0 Å². The molecule has 1 saturated carbocycles. The lowest BCUT2D eigenvalue weighted by Gasteiger charge is -2.15. The Morgan fingerprint density at radius 2 is 1.98 bits per heavy atom. The second-order valence-electron chi connectivity index (χ2n) is 10.3. The van der Waals surface area contributed by atoms with Gasteiger partial charge in [-0.2, -0.15) is 4.39 Å². The molecule has 13 nitrogen and oxygen atoms in total. The average Bonchev–Trinajstić information content (AvgIpc) is 3.73. The Morgan fingerprint density at radius 1 is 1.21 bits per heavy atom. The largest absolute Gasteiger partial charge is 0.453 e. The predicted octanol–water partition coefficient (Wildman–Crippen LogP) is 2.74. The number of ether oxygens (including phenoxy) is 2. The average molecular weight is 577 g/mol. The highest BCUT2D eigenvalue weighted by molar-refractivity contribution is 6.14. The van der Waals surface area contributed by atoms with Gasteiger partial charge in [0.25, 0.3) is 0 Å². The summed E-state index contributed by atoms with van der Waals surface area (Å²) in [5, 5.41) is 7.35. The predicted molar refractivity (Wildman–Crippen MR) is 151 cm³/mol. The number of pyridine rings is 1. The monoisotopic (exact) mass is 576 g/mol. The number of carbonyl (C=O) groups excluding carboxylic acids is 2. The number of nitrogens with zero attached hydrogens (tertiary/aromatic N) is 5. The van der Waals surface area contributed by atoms with Gasteiger partial charge in [-0.05, 0) is 37.0 Å². The van der Waals surface area contributed by atoms with Crippen molar-refractivity contribution in [3.8, 4) is 28.1 Å². The Bertz CT molecular complexity index is 1900. The molecule has 4 aromatic heterocycles. The molecule has 218 valence electrons. The molecular weight excluding hydrogens is 547 g/mol. The summed E-state index contributed by atoms with van der Waals surface area (Å²) in [6, 6.07) is 6.36. The first-order chi connectivity index (χ1) is 20.2. The number of nitrogens with one attached hydrogen (secondary N) is 2. The molecule has 0 saturated heterocycles. The molecule has 0 unspecified atom stereocenters. The fraction of sp³-hybridized carbons (Fsp3) is 0.321. The number of H-pyrrole nitrogens is 1. The van der Waals surface area contributed by atoms with Gasteiger partial charge in [0.1, 0.15) is 11.4 Å². The van der Waals surface area contributed by atoms with E-state index in [1.807, 2.05) is 0 Å². The van der Waals surface area contributed by atoms with Crippen molar-refractivity contribution in [2.75, 3.05) is 13.7 Å². The van der Waals surface area contributed by atoms with E-state index in [2.05, 4.69) is 20.4 Å². The number of hydrogen-bond acceptors (Lipinski definition) is 8. The molecule has 4 N–H and O–H groups in total. The van der Waals surface area contributed by atoms with Gasteiger partial charge in [0, 0.05) is 37.9 Å². The smallest absolute Gasteiger partial charge is 0.407 e. The maximum Gasteiger partial charge on any atom is 0.407 e. The summed E-state index contributed by atoms with van der Waals surface area (Å²) in [6.45, 7) is -0.263. The molecule has 6 rings (SSSR count). The first-order valence-corrected chi connectivity index (χ1v) is 13.4. The van der Waals surface area contributed by atoms with Crippen LogP contribution in [0.4, 0.5) is 9.18 Å². The van der Waals surface area contributed by atoms with Crippen LogP contribution in [0.15, 0.2) is 41.5 Å². The van der Waals surface area contributed by atoms with Crippen LogP contribution in [0.3, 0.4) is 0 Å². The Hall–Kier alpha value is -4.98. The lowest BCUT2D eigenvalue weighted by Crippen LogP contribution is -2.33. The lowest BCUT2D eigenvalue weighted by atomic mass is 9.99. The fourth-order valence-electron chi connectivity index (χ4n) is 5.85. The molecule has 5 aromatic rings. The SMILES string of the molecule is COC(=O)N[C@@H]1CC[C@@H](n2c(=O)n(C)c3cnc4[nH]c(-c5cn(C)nc5F)c(-c5ccc(OC(=O)CN)cc5)c4c32)C1. The van der Waals surface area contributed by atoms with Crippen LogP contribution < -0.4 is 21.5 Å². The molecule has 0 bridgehead atoms. The van der Waals surface area contributed by atoms with E-state index in [1.165, 1.54) is 11.8 Å². The molecule has 42 heavy (non-hydrogen) atoms. The van der Waals surface area contributed by atoms with Crippen LogP contribution in [-0.4, -0.2) is 60.6 Å². The number of carbonyl (C=O) groups is 2. The van der Waals surface area contributed by atoms with Crippen molar-refractivity contribution in [2.45, 2.75) is 31.3 Å². The van der Waals surface area contributed by atoms with E-state index in [-0.39, 0.29) is 29.9 Å². The normalized spacial score (nSPS) is 16.8. The van der Waals surface area contributed by atoms with Gasteiger partial charge in [-0.3, -0.25) is 18.6 Å². The lowest BCUT2D eigenvalue weighted by molar-refractivity contribution is -0.132. The van der Waals surface area contributed by atoms with Crippen molar-refractivity contribution in [3.63, 3.8) is 0 Å². The zero-order valence-electron chi connectivity index (χ0n) is 23.2. The summed E-state index contributed by atoms with van der Waals surface area (Å²) in [7, 11) is 4.62. The highest BCUT2D eigenvalue weighted by Gasteiger charge is 2.32. The number of aromatic amines is 1. The van der Waals surface area contributed by atoms with Crippen molar-refractivity contribution in [1.82, 2.24) is 34.2 Å². The Balaban J connectivity index is 1.59. The van der Waals surface area contributed by atoms with Crippen LogP contribution >= 0.6 is 0 Å². The number of methoxy groups -OCH3 is 1. The summed E-state index contributed by atoms with van der Waals surface area (Å²) in [6.07, 6.45) is 4.52. The summed E-state index contributed by atoms with van der Waals surface area (Å²) < 4.78 is 29.8. The molecule has 4 heterocycles. The molecule has 0 spiro atoms. The van der Waals surface area contributed by atoms with Crippen molar-refractivity contribution in [1.29, 1.82) is 0 Å². The van der Waals surface area contributed by atoms with E-state index >= 15 is 4.39 Å². The van der Waals surface area contributed by atoms with Gasteiger partial charge in [-0.15, -0.1) is 5.10 Å². The molecule has 0 aliphatic heterocycles. The molecule has 1 aromatic carbocycles. The van der Waals surface area contributed by atoms with Gasteiger partial charge in [-0.25, -0.2) is 14.6 Å². The van der Waals surface area contributed by atoms with Gasteiger partial charge < -0.3 is 25.5 Å². The summed E-state index contributed by atoms with van der Waals surface area (Å²) in [4.78, 5) is 45.2. The van der Waals surface area contributed by atoms with E-state index in [4.69, 9.17) is 15.2 Å². The number of rotatable bonds is 6. The topological polar surface area (TPSA) is 164 Å². The second kappa shape index (κ2) is 10.4.